The quantitative estimate of drug-likeness (QED) is 0.692. The minimum absolute atomic E-state index is 0.501. The molecule has 0 amide bonds. The van der Waals surface area contributed by atoms with E-state index >= 15 is 0 Å². The molecule has 1 heteroatoms. The molecule has 0 saturated carbocycles. The van der Waals surface area contributed by atoms with Gasteiger partial charge in [0.2, 0.25) is 0 Å². The molecule has 0 fully saturated rings. The SMILES string of the molecule is CC.COC[C@@H](C)c1ccccc1. The number of hydrogen-bond acceptors (Lipinski definition) is 1. The zero-order valence-corrected chi connectivity index (χ0v) is 9.08. The van der Waals surface area contributed by atoms with E-state index in [4.69, 9.17) is 4.74 Å². The average Bonchev–Trinajstić information content (AvgIpc) is 2.23. The van der Waals surface area contributed by atoms with Crippen molar-refractivity contribution in [3.8, 4) is 0 Å². The summed E-state index contributed by atoms with van der Waals surface area (Å²) in [5, 5.41) is 0. The Kier molecular flexibility index (Phi) is 7.32. The van der Waals surface area contributed by atoms with Crippen molar-refractivity contribution in [1.29, 1.82) is 0 Å². The molecule has 1 atom stereocenters. The summed E-state index contributed by atoms with van der Waals surface area (Å²) in [7, 11) is 1.74. The normalized spacial score (nSPS) is 11.4. The number of rotatable bonds is 3. The van der Waals surface area contributed by atoms with Crippen LogP contribution in [-0.2, 0) is 4.74 Å². The Labute approximate surface area is 81.7 Å². The van der Waals surface area contributed by atoms with Crippen molar-refractivity contribution in [3.05, 3.63) is 35.9 Å². The third kappa shape index (κ3) is 4.69. The van der Waals surface area contributed by atoms with Gasteiger partial charge in [0.05, 0.1) is 6.61 Å². The highest BCUT2D eigenvalue weighted by molar-refractivity contribution is 5.18. The van der Waals surface area contributed by atoms with E-state index in [9.17, 15) is 0 Å². The third-order valence-corrected chi connectivity index (χ3v) is 1.79. The van der Waals surface area contributed by atoms with Gasteiger partial charge in [0, 0.05) is 13.0 Å². The summed E-state index contributed by atoms with van der Waals surface area (Å²) >= 11 is 0. The van der Waals surface area contributed by atoms with E-state index in [0.717, 1.165) is 6.61 Å². The first-order valence-electron chi connectivity index (χ1n) is 4.88. The predicted molar refractivity (Wildman–Crippen MR) is 58.1 cm³/mol. The Balaban J connectivity index is 0.000000671. The molecule has 0 bridgehead atoms. The molecule has 0 aliphatic heterocycles. The first-order valence-corrected chi connectivity index (χ1v) is 4.88. The molecule has 13 heavy (non-hydrogen) atoms. The van der Waals surface area contributed by atoms with Crippen LogP contribution < -0.4 is 0 Å². The fraction of sp³-hybridized carbons (Fsp3) is 0.500. The van der Waals surface area contributed by atoms with Gasteiger partial charge in [-0.05, 0) is 5.56 Å². The third-order valence-electron chi connectivity index (χ3n) is 1.79. The van der Waals surface area contributed by atoms with Crippen molar-refractivity contribution in [2.45, 2.75) is 26.7 Å². The van der Waals surface area contributed by atoms with Crippen molar-refractivity contribution in [1.82, 2.24) is 0 Å². The molecule has 0 aliphatic carbocycles. The Morgan fingerprint density at radius 1 is 1.15 bits per heavy atom. The van der Waals surface area contributed by atoms with E-state index in [1.165, 1.54) is 5.56 Å². The Morgan fingerprint density at radius 3 is 2.15 bits per heavy atom. The van der Waals surface area contributed by atoms with Crippen molar-refractivity contribution in [2.24, 2.45) is 0 Å². The van der Waals surface area contributed by atoms with Gasteiger partial charge in [-0.1, -0.05) is 51.1 Å². The second kappa shape index (κ2) is 7.81. The maximum atomic E-state index is 5.06. The lowest BCUT2D eigenvalue weighted by molar-refractivity contribution is 0.184. The number of hydrogen-bond donors (Lipinski definition) is 0. The van der Waals surface area contributed by atoms with Crippen LogP contribution >= 0.6 is 0 Å². The highest BCUT2D eigenvalue weighted by Crippen LogP contribution is 2.13. The molecule has 0 radical (unpaired) electrons. The molecule has 1 aromatic carbocycles. The largest absolute Gasteiger partial charge is 0.384 e. The standard InChI is InChI=1S/C10H14O.C2H6/c1-9(8-11-2)10-6-4-3-5-7-10;1-2/h3-7,9H,8H2,1-2H3;1-2H3/t9-;/m1./s1. The summed E-state index contributed by atoms with van der Waals surface area (Å²) < 4.78 is 5.06. The van der Waals surface area contributed by atoms with Crippen LogP contribution in [0, 0.1) is 0 Å². The molecular formula is C12H20O. The van der Waals surface area contributed by atoms with Crippen LogP contribution in [-0.4, -0.2) is 13.7 Å². The Hall–Kier alpha value is -0.820. The predicted octanol–water partition coefficient (Wildman–Crippen LogP) is 3.46. The molecule has 1 rings (SSSR count). The fourth-order valence-corrected chi connectivity index (χ4v) is 1.13. The molecule has 0 aromatic heterocycles. The average molecular weight is 180 g/mol. The van der Waals surface area contributed by atoms with E-state index in [1.54, 1.807) is 7.11 Å². The number of benzene rings is 1. The van der Waals surface area contributed by atoms with Crippen molar-refractivity contribution < 1.29 is 4.74 Å². The van der Waals surface area contributed by atoms with Crippen LogP contribution in [0.1, 0.15) is 32.3 Å². The summed E-state index contributed by atoms with van der Waals surface area (Å²) in [5.41, 5.74) is 1.34. The lowest BCUT2D eigenvalue weighted by Crippen LogP contribution is -2.00. The van der Waals surface area contributed by atoms with Crippen LogP contribution in [0.25, 0.3) is 0 Å². The van der Waals surface area contributed by atoms with Crippen LogP contribution in [0.3, 0.4) is 0 Å². The van der Waals surface area contributed by atoms with Gasteiger partial charge < -0.3 is 4.74 Å². The van der Waals surface area contributed by atoms with Gasteiger partial charge in [-0.3, -0.25) is 0 Å². The maximum Gasteiger partial charge on any atom is 0.0528 e. The van der Waals surface area contributed by atoms with Gasteiger partial charge in [0.1, 0.15) is 0 Å². The fourth-order valence-electron chi connectivity index (χ4n) is 1.13. The van der Waals surface area contributed by atoms with Gasteiger partial charge >= 0.3 is 0 Å². The van der Waals surface area contributed by atoms with Crippen molar-refractivity contribution in [2.75, 3.05) is 13.7 Å². The van der Waals surface area contributed by atoms with E-state index in [-0.39, 0.29) is 0 Å². The van der Waals surface area contributed by atoms with Gasteiger partial charge in [-0.2, -0.15) is 0 Å². The highest BCUT2D eigenvalue weighted by Gasteiger charge is 2.01. The monoisotopic (exact) mass is 180 g/mol. The summed E-state index contributed by atoms with van der Waals surface area (Å²) in [4.78, 5) is 0. The second-order valence-electron chi connectivity index (χ2n) is 2.77. The second-order valence-corrected chi connectivity index (χ2v) is 2.77. The van der Waals surface area contributed by atoms with Gasteiger partial charge in [0.25, 0.3) is 0 Å². The minimum Gasteiger partial charge on any atom is -0.384 e. The Bertz CT molecular complexity index is 194. The molecule has 0 saturated heterocycles. The van der Waals surface area contributed by atoms with Gasteiger partial charge in [-0.25, -0.2) is 0 Å². The molecule has 0 N–H and O–H groups in total. The summed E-state index contributed by atoms with van der Waals surface area (Å²) in [6, 6.07) is 10.4. The van der Waals surface area contributed by atoms with Crippen molar-refractivity contribution >= 4 is 0 Å². The first-order chi connectivity index (χ1) is 6.34. The maximum absolute atomic E-state index is 5.06. The number of ether oxygens (including phenoxy) is 1. The van der Waals surface area contributed by atoms with Crippen LogP contribution in [0.15, 0.2) is 30.3 Å². The Morgan fingerprint density at radius 2 is 1.69 bits per heavy atom. The van der Waals surface area contributed by atoms with E-state index in [2.05, 4.69) is 31.2 Å². The zero-order chi connectivity index (χ0) is 10.1. The minimum atomic E-state index is 0.501. The summed E-state index contributed by atoms with van der Waals surface area (Å²) in [5.74, 6) is 0.501. The molecule has 74 valence electrons. The molecule has 1 nitrogen and oxygen atoms in total. The lowest BCUT2D eigenvalue weighted by Gasteiger charge is -2.09. The molecule has 0 spiro atoms. The molecule has 0 aliphatic rings. The molecule has 1 aromatic rings. The smallest absolute Gasteiger partial charge is 0.0528 e. The van der Waals surface area contributed by atoms with E-state index in [1.807, 2.05) is 19.9 Å². The van der Waals surface area contributed by atoms with Gasteiger partial charge in [0.15, 0.2) is 0 Å². The molecule has 0 unspecified atom stereocenters. The lowest BCUT2D eigenvalue weighted by atomic mass is 10.0. The zero-order valence-electron chi connectivity index (χ0n) is 9.08. The molecule has 0 heterocycles. The summed E-state index contributed by atoms with van der Waals surface area (Å²) in [6.07, 6.45) is 0. The highest BCUT2D eigenvalue weighted by atomic mass is 16.5. The number of methoxy groups -OCH3 is 1. The molecular weight excluding hydrogens is 160 g/mol. The first kappa shape index (κ1) is 12.2. The van der Waals surface area contributed by atoms with E-state index in [0.29, 0.717) is 5.92 Å². The van der Waals surface area contributed by atoms with Gasteiger partial charge in [-0.15, -0.1) is 0 Å². The van der Waals surface area contributed by atoms with E-state index < -0.39 is 0 Å². The van der Waals surface area contributed by atoms with Crippen molar-refractivity contribution in [3.63, 3.8) is 0 Å². The van der Waals surface area contributed by atoms with Crippen LogP contribution in [0.2, 0.25) is 0 Å². The van der Waals surface area contributed by atoms with Crippen LogP contribution in [0.4, 0.5) is 0 Å². The topological polar surface area (TPSA) is 9.23 Å². The van der Waals surface area contributed by atoms with Crippen LogP contribution in [0.5, 0.6) is 0 Å². The summed E-state index contributed by atoms with van der Waals surface area (Å²) in [6.45, 7) is 6.96.